The van der Waals surface area contributed by atoms with E-state index in [9.17, 15) is 9.59 Å². The van der Waals surface area contributed by atoms with Crippen LogP contribution >= 0.6 is 0 Å². The normalized spacial score (nSPS) is 34.2. The van der Waals surface area contributed by atoms with E-state index in [1.54, 1.807) is 6.92 Å². The van der Waals surface area contributed by atoms with Gasteiger partial charge in [-0.15, -0.1) is 0 Å². The van der Waals surface area contributed by atoms with Crippen LogP contribution in [0.5, 0.6) is 5.75 Å². The summed E-state index contributed by atoms with van der Waals surface area (Å²) in [4.78, 5) is 28.4. The van der Waals surface area contributed by atoms with Crippen LogP contribution in [0.25, 0.3) is 0 Å². The first kappa shape index (κ1) is 16.4. The van der Waals surface area contributed by atoms with E-state index in [-0.39, 0.29) is 29.7 Å². The average Bonchev–Trinajstić information content (AvgIpc) is 2.97. The molecule has 138 valence electrons. The molecule has 0 saturated carbocycles. The Morgan fingerprint density at radius 1 is 1.07 bits per heavy atom. The smallest absolute Gasteiger partial charge is 0.247 e. The molecule has 3 aliphatic rings. The van der Waals surface area contributed by atoms with Gasteiger partial charge in [-0.25, -0.2) is 0 Å². The quantitative estimate of drug-likeness (QED) is 0.848. The number of carbonyl (C=O) groups excluding carboxylic acids is 2. The van der Waals surface area contributed by atoms with Gasteiger partial charge in [0.15, 0.2) is 0 Å². The van der Waals surface area contributed by atoms with E-state index in [2.05, 4.69) is 5.32 Å². The van der Waals surface area contributed by atoms with E-state index < -0.39 is 11.6 Å². The maximum Gasteiger partial charge on any atom is 0.247 e. The van der Waals surface area contributed by atoms with Crippen molar-refractivity contribution in [3.63, 3.8) is 0 Å². The van der Waals surface area contributed by atoms with E-state index in [4.69, 9.17) is 4.74 Å². The van der Waals surface area contributed by atoms with E-state index in [1.807, 2.05) is 66.4 Å². The average molecular weight is 362 g/mol. The maximum absolute atomic E-state index is 13.3. The molecule has 5 atom stereocenters. The Balaban J connectivity index is 1.75. The summed E-state index contributed by atoms with van der Waals surface area (Å²) in [5, 5.41) is 2.90. The number of benzene rings is 2. The fourth-order valence-corrected chi connectivity index (χ4v) is 5.29. The Morgan fingerprint density at radius 2 is 1.78 bits per heavy atom. The zero-order chi connectivity index (χ0) is 18.8. The highest BCUT2D eigenvalue weighted by atomic mass is 16.5. The van der Waals surface area contributed by atoms with Crippen LogP contribution in [-0.2, 0) is 9.59 Å². The predicted molar refractivity (Wildman–Crippen MR) is 100 cm³/mol. The Labute approximate surface area is 158 Å². The van der Waals surface area contributed by atoms with Crippen LogP contribution < -0.4 is 10.1 Å². The van der Waals surface area contributed by atoms with Crippen LogP contribution in [-0.4, -0.2) is 34.9 Å². The lowest BCUT2D eigenvalue weighted by Crippen LogP contribution is -2.68. The molecule has 0 aliphatic carbocycles. The molecule has 5 nitrogen and oxygen atoms in total. The highest BCUT2D eigenvalue weighted by molar-refractivity contribution is 6.01. The first-order valence-electron chi connectivity index (χ1n) is 9.44. The molecule has 1 N–H and O–H groups in total. The molecule has 0 bridgehead atoms. The lowest BCUT2D eigenvalue weighted by Gasteiger charge is -2.45. The van der Waals surface area contributed by atoms with Crippen LogP contribution in [0.4, 0.5) is 0 Å². The number of hydrogen-bond acceptors (Lipinski definition) is 3. The van der Waals surface area contributed by atoms with Crippen LogP contribution in [0.2, 0.25) is 0 Å². The van der Waals surface area contributed by atoms with E-state index in [0.717, 1.165) is 16.9 Å². The summed E-state index contributed by atoms with van der Waals surface area (Å²) >= 11 is 0. The number of para-hydroxylation sites is 1. The minimum atomic E-state index is -0.943. The van der Waals surface area contributed by atoms with Crippen molar-refractivity contribution >= 4 is 11.8 Å². The van der Waals surface area contributed by atoms with Gasteiger partial charge >= 0.3 is 0 Å². The second kappa shape index (κ2) is 5.59. The second-order valence-corrected chi connectivity index (χ2v) is 7.90. The van der Waals surface area contributed by atoms with Gasteiger partial charge in [0.1, 0.15) is 17.3 Å². The van der Waals surface area contributed by atoms with Gasteiger partial charge in [-0.05, 0) is 25.5 Å². The highest BCUT2D eigenvalue weighted by Gasteiger charge is 2.66. The topological polar surface area (TPSA) is 58.6 Å². The van der Waals surface area contributed by atoms with Crippen LogP contribution in [0, 0.1) is 5.92 Å². The van der Waals surface area contributed by atoms with Gasteiger partial charge < -0.3 is 15.0 Å². The highest BCUT2D eigenvalue weighted by Crippen LogP contribution is 2.59. The van der Waals surface area contributed by atoms with Gasteiger partial charge in [0, 0.05) is 17.4 Å². The van der Waals surface area contributed by atoms with E-state index in [1.165, 1.54) is 0 Å². The monoisotopic (exact) mass is 362 g/mol. The van der Waals surface area contributed by atoms with Crippen molar-refractivity contribution in [2.75, 3.05) is 6.61 Å². The van der Waals surface area contributed by atoms with Crippen molar-refractivity contribution in [3.8, 4) is 5.75 Å². The summed E-state index contributed by atoms with van der Waals surface area (Å²) in [5.74, 6) is 0.583. The van der Waals surface area contributed by atoms with Crippen molar-refractivity contribution in [2.24, 2.45) is 5.92 Å². The predicted octanol–water partition coefficient (Wildman–Crippen LogP) is 2.64. The van der Waals surface area contributed by atoms with Gasteiger partial charge in [-0.1, -0.05) is 48.5 Å². The molecular formula is C22H22N2O3. The lowest BCUT2D eigenvalue weighted by molar-refractivity contribution is -0.156. The number of fused-ring (bicyclic) bond motifs is 5. The maximum atomic E-state index is 13.3. The fourth-order valence-electron chi connectivity index (χ4n) is 5.29. The Morgan fingerprint density at radius 3 is 2.56 bits per heavy atom. The SMILES string of the molecule is C[C@H]1NC(=O)[C@@]2(C)[C@H](c3ccccc3)[C@H]3COc4ccccc4[C@@H]3N2C1=O. The summed E-state index contributed by atoms with van der Waals surface area (Å²) in [6, 6.07) is 17.2. The van der Waals surface area contributed by atoms with Crippen LogP contribution in [0.3, 0.4) is 0 Å². The van der Waals surface area contributed by atoms with Gasteiger partial charge in [0.05, 0.1) is 12.6 Å². The second-order valence-electron chi connectivity index (χ2n) is 7.90. The number of carbonyl (C=O) groups is 2. The molecule has 5 heteroatoms. The third-order valence-electron chi connectivity index (χ3n) is 6.46. The summed E-state index contributed by atoms with van der Waals surface area (Å²) in [6.45, 7) is 4.16. The molecule has 0 unspecified atom stereocenters. The third-order valence-corrected chi connectivity index (χ3v) is 6.46. The van der Waals surface area contributed by atoms with Crippen molar-refractivity contribution in [1.82, 2.24) is 10.2 Å². The molecule has 3 aliphatic heterocycles. The molecule has 0 spiro atoms. The molecule has 0 aromatic heterocycles. The van der Waals surface area contributed by atoms with Crippen molar-refractivity contribution in [3.05, 3.63) is 65.7 Å². The molecule has 2 aromatic carbocycles. The number of piperazine rings is 1. The summed E-state index contributed by atoms with van der Waals surface area (Å²) in [5.41, 5.74) is 1.12. The number of nitrogens with zero attached hydrogens (tertiary/aromatic N) is 1. The standard InChI is InChI=1S/C22H22N2O3/c1-13-20(25)24-19-15-10-6-7-11-17(15)27-12-16(19)18(14-8-4-3-5-9-14)22(24,2)21(26)23-13/h3-11,13,16,18-19H,12H2,1-2H3,(H,23,26)/t13-,16-,18-,19+,22-/m1/s1. The molecule has 3 heterocycles. The van der Waals surface area contributed by atoms with E-state index >= 15 is 0 Å². The Kier molecular flexibility index (Phi) is 3.39. The molecule has 27 heavy (non-hydrogen) atoms. The Bertz CT molecular complexity index is 928. The molecular weight excluding hydrogens is 340 g/mol. The van der Waals surface area contributed by atoms with E-state index in [0.29, 0.717) is 6.61 Å². The number of amides is 2. The van der Waals surface area contributed by atoms with Crippen molar-refractivity contribution in [2.45, 2.75) is 37.4 Å². The zero-order valence-corrected chi connectivity index (χ0v) is 15.4. The van der Waals surface area contributed by atoms with Crippen molar-refractivity contribution in [1.29, 1.82) is 0 Å². The van der Waals surface area contributed by atoms with Crippen LogP contribution in [0.1, 0.15) is 36.9 Å². The summed E-state index contributed by atoms with van der Waals surface area (Å²) in [6.07, 6.45) is 0. The molecule has 2 aromatic rings. The lowest BCUT2D eigenvalue weighted by atomic mass is 9.73. The first-order valence-corrected chi connectivity index (χ1v) is 9.44. The van der Waals surface area contributed by atoms with Crippen molar-refractivity contribution < 1.29 is 14.3 Å². The Hall–Kier alpha value is -2.82. The van der Waals surface area contributed by atoms with Gasteiger partial charge in [0.25, 0.3) is 0 Å². The molecule has 5 rings (SSSR count). The largest absolute Gasteiger partial charge is 0.493 e. The number of ether oxygens (including phenoxy) is 1. The molecule has 2 amide bonds. The minimum absolute atomic E-state index is 0.0206. The van der Waals surface area contributed by atoms with Gasteiger partial charge in [-0.2, -0.15) is 0 Å². The molecule has 2 fully saturated rings. The summed E-state index contributed by atoms with van der Waals surface area (Å²) < 4.78 is 6.07. The number of rotatable bonds is 1. The zero-order valence-electron chi connectivity index (χ0n) is 15.4. The minimum Gasteiger partial charge on any atom is -0.493 e. The first-order chi connectivity index (χ1) is 13.0. The number of hydrogen-bond donors (Lipinski definition) is 1. The molecule has 2 saturated heterocycles. The van der Waals surface area contributed by atoms with Crippen LogP contribution in [0.15, 0.2) is 54.6 Å². The van der Waals surface area contributed by atoms with Gasteiger partial charge in [-0.3, -0.25) is 9.59 Å². The molecule has 0 radical (unpaired) electrons. The number of nitrogens with one attached hydrogen (secondary N) is 1. The third kappa shape index (κ3) is 2.05. The fraction of sp³-hybridized carbons (Fsp3) is 0.364. The van der Waals surface area contributed by atoms with Gasteiger partial charge in [0.2, 0.25) is 11.8 Å². The summed E-state index contributed by atoms with van der Waals surface area (Å²) in [7, 11) is 0.